The third-order valence-electron chi connectivity index (χ3n) is 4.59. The van der Waals surface area contributed by atoms with Gasteiger partial charge >= 0.3 is 0 Å². The maximum Gasteiger partial charge on any atom is 0.271 e. The van der Waals surface area contributed by atoms with Gasteiger partial charge in [-0.2, -0.15) is 0 Å². The Morgan fingerprint density at radius 1 is 1.48 bits per heavy atom. The molecule has 1 aliphatic heterocycles. The Morgan fingerprint density at radius 2 is 2.26 bits per heavy atom. The summed E-state index contributed by atoms with van der Waals surface area (Å²) in [5.74, 6) is -0.125. The summed E-state index contributed by atoms with van der Waals surface area (Å²) in [4.78, 5) is 16.9. The van der Waals surface area contributed by atoms with Gasteiger partial charge in [0.15, 0.2) is 0 Å². The Labute approximate surface area is 136 Å². The Balaban J connectivity index is 1.69. The molecule has 0 aromatic carbocycles. The van der Waals surface area contributed by atoms with Crippen molar-refractivity contribution in [2.24, 2.45) is 5.41 Å². The Kier molecular flexibility index (Phi) is 4.63. The van der Waals surface area contributed by atoms with E-state index in [-0.39, 0.29) is 11.3 Å². The molecule has 23 heavy (non-hydrogen) atoms. The van der Waals surface area contributed by atoms with Crippen LogP contribution >= 0.6 is 0 Å². The monoisotopic (exact) mass is 316 g/mol. The maximum absolute atomic E-state index is 12.4. The Morgan fingerprint density at radius 3 is 3.00 bits per heavy atom. The molecule has 0 saturated carbocycles. The highest BCUT2D eigenvalue weighted by Crippen LogP contribution is 2.28. The first-order chi connectivity index (χ1) is 11.1. The average Bonchev–Trinajstić information content (AvgIpc) is 2.97. The Hall–Kier alpha value is -1.92. The zero-order valence-electron chi connectivity index (χ0n) is 13.8. The van der Waals surface area contributed by atoms with Crippen molar-refractivity contribution in [3.8, 4) is 0 Å². The fourth-order valence-corrected chi connectivity index (χ4v) is 3.19. The van der Waals surface area contributed by atoms with E-state index in [0.717, 1.165) is 37.1 Å². The molecule has 2 aromatic heterocycles. The number of hydrogen-bond acceptors (Lipinski definition) is 4. The van der Waals surface area contributed by atoms with Crippen LogP contribution in [-0.4, -0.2) is 48.6 Å². The van der Waals surface area contributed by atoms with Crippen LogP contribution in [0.15, 0.2) is 24.5 Å². The number of pyridine rings is 1. The highest BCUT2D eigenvalue weighted by molar-refractivity contribution is 5.92. The number of hydrogen-bond donors (Lipinski definition) is 2. The van der Waals surface area contributed by atoms with Crippen molar-refractivity contribution in [2.45, 2.75) is 19.8 Å². The molecule has 6 heteroatoms. The van der Waals surface area contributed by atoms with Gasteiger partial charge in [-0.1, -0.05) is 0 Å². The van der Waals surface area contributed by atoms with Gasteiger partial charge in [-0.05, 0) is 50.6 Å². The summed E-state index contributed by atoms with van der Waals surface area (Å²) in [6.07, 6.45) is 5.71. The number of nitrogens with zero attached hydrogens (tertiary/aromatic N) is 2. The number of amides is 1. The number of fused-ring (bicyclic) bond motifs is 1. The fourth-order valence-electron chi connectivity index (χ4n) is 3.19. The molecule has 1 aliphatic rings. The van der Waals surface area contributed by atoms with Gasteiger partial charge in [0, 0.05) is 31.5 Å². The summed E-state index contributed by atoms with van der Waals surface area (Å²) < 4.78 is 7.26. The van der Waals surface area contributed by atoms with Crippen molar-refractivity contribution in [1.82, 2.24) is 20.0 Å². The fraction of sp³-hybridized carbons (Fsp3) is 0.529. The second-order valence-electron chi connectivity index (χ2n) is 6.46. The summed E-state index contributed by atoms with van der Waals surface area (Å²) in [5.41, 5.74) is 2.40. The highest BCUT2D eigenvalue weighted by atomic mass is 16.5. The molecule has 2 aromatic rings. The first-order valence-electron chi connectivity index (χ1n) is 8.05. The van der Waals surface area contributed by atoms with Crippen molar-refractivity contribution in [2.75, 3.05) is 33.4 Å². The van der Waals surface area contributed by atoms with Crippen LogP contribution in [0.4, 0.5) is 0 Å². The summed E-state index contributed by atoms with van der Waals surface area (Å²) in [7, 11) is 1.72. The predicted molar refractivity (Wildman–Crippen MR) is 88.7 cm³/mol. The second-order valence-corrected chi connectivity index (χ2v) is 6.46. The van der Waals surface area contributed by atoms with Crippen molar-refractivity contribution >= 4 is 11.6 Å². The molecule has 0 aliphatic carbocycles. The summed E-state index contributed by atoms with van der Waals surface area (Å²) in [5, 5.41) is 6.40. The molecule has 3 rings (SSSR count). The molecule has 0 radical (unpaired) electrons. The molecule has 0 bridgehead atoms. The maximum atomic E-state index is 12.4. The normalized spacial score (nSPS) is 17.3. The number of carbonyl (C=O) groups excluding carboxylic acids is 1. The lowest BCUT2D eigenvalue weighted by atomic mass is 9.79. The molecule has 6 nitrogen and oxygen atoms in total. The van der Waals surface area contributed by atoms with Gasteiger partial charge in [-0.15, -0.1) is 0 Å². The van der Waals surface area contributed by atoms with Crippen molar-refractivity contribution in [3.63, 3.8) is 0 Å². The van der Waals surface area contributed by atoms with Gasteiger partial charge < -0.3 is 19.8 Å². The number of imidazole rings is 1. The number of carbonyl (C=O) groups is 1. The molecule has 2 N–H and O–H groups in total. The van der Waals surface area contributed by atoms with Crippen molar-refractivity contribution < 1.29 is 9.53 Å². The van der Waals surface area contributed by atoms with E-state index in [1.165, 1.54) is 0 Å². The SMILES string of the molecule is COCC1(CNC(=O)c2cn3ccc(C)cc3n2)CCNCC1. The van der Waals surface area contributed by atoms with E-state index < -0.39 is 0 Å². The highest BCUT2D eigenvalue weighted by Gasteiger charge is 2.32. The molecule has 0 spiro atoms. The van der Waals surface area contributed by atoms with Crippen LogP contribution in [0.2, 0.25) is 0 Å². The average molecular weight is 316 g/mol. The molecular formula is C17H24N4O2. The minimum absolute atomic E-state index is 0.0193. The smallest absolute Gasteiger partial charge is 0.271 e. The number of methoxy groups -OCH3 is 1. The van der Waals surface area contributed by atoms with Gasteiger partial charge in [0.25, 0.3) is 5.91 Å². The third kappa shape index (κ3) is 3.54. The number of ether oxygens (including phenoxy) is 1. The lowest BCUT2D eigenvalue weighted by molar-refractivity contribution is 0.0511. The van der Waals surface area contributed by atoms with Crippen LogP contribution in [0.1, 0.15) is 28.9 Å². The van der Waals surface area contributed by atoms with Crippen LogP contribution in [0.3, 0.4) is 0 Å². The zero-order valence-corrected chi connectivity index (χ0v) is 13.8. The van der Waals surface area contributed by atoms with E-state index in [9.17, 15) is 4.79 Å². The van der Waals surface area contributed by atoms with E-state index >= 15 is 0 Å². The number of rotatable bonds is 5. The quantitative estimate of drug-likeness (QED) is 0.875. The largest absolute Gasteiger partial charge is 0.384 e. The standard InChI is InChI=1S/C17H24N4O2/c1-13-3-8-21-10-14(20-15(21)9-13)16(22)19-11-17(12-23-2)4-6-18-7-5-17/h3,8-10,18H,4-7,11-12H2,1-2H3,(H,19,22). The van der Waals surface area contributed by atoms with Gasteiger partial charge in [-0.3, -0.25) is 4.79 Å². The van der Waals surface area contributed by atoms with Crippen molar-refractivity contribution in [1.29, 1.82) is 0 Å². The summed E-state index contributed by atoms with van der Waals surface area (Å²) in [6.45, 7) is 5.23. The summed E-state index contributed by atoms with van der Waals surface area (Å²) in [6, 6.07) is 3.97. The predicted octanol–water partition coefficient (Wildman–Crippen LogP) is 1.39. The first-order valence-corrected chi connectivity index (χ1v) is 8.05. The number of piperidine rings is 1. The van der Waals surface area contributed by atoms with Crippen LogP contribution < -0.4 is 10.6 Å². The molecule has 0 atom stereocenters. The van der Waals surface area contributed by atoms with Crippen LogP contribution in [0.5, 0.6) is 0 Å². The summed E-state index contributed by atoms with van der Waals surface area (Å²) >= 11 is 0. The van der Waals surface area contributed by atoms with E-state index in [1.54, 1.807) is 13.3 Å². The molecule has 124 valence electrons. The lowest BCUT2D eigenvalue weighted by Gasteiger charge is -2.37. The van der Waals surface area contributed by atoms with Crippen molar-refractivity contribution in [3.05, 3.63) is 35.8 Å². The van der Waals surface area contributed by atoms with Crippen LogP contribution in [0, 0.1) is 12.3 Å². The number of aromatic nitrogens is 2. The van der Waals surface area contributed by atoms with E-state index in [4.69, 9.17) is 4.74 Å². The third-order valence-corrected chi connectivity index (χ3v) is 4.59. The molecular weight excluding hydrogens is 292 g/mol. The topological polar surface area (TPSA) is 67.7 Å². The van der Waals surface area contributed by atoms with E-state index in [1.807, 2.05) is 29.7 Å². The lowest BCUT2D eigenvalue weighted by Crippen LogP contribution is -2.47. The molecule has 1 amide bonds. The molecule has 1 saturated heterocycles. The zero-order chi connectivity index (χ0) is 16.3. The molecule has 1 fully saturated rings. The van der Waals surface area contributed by atoms with Gasteiger partial charge in [-0.25, -0.2) is 4.98 Å². The van der Waals surface area contributed by atoms with Gasteiger partial charge in [0.2, 0.25) is 0 Å². The van der Waals surface area contributed by atoms with Crippen LogP contribution in [0.25, 0.3) is 5.65 Å². The first kappa shape index (κ1) is 16.0. The number of aryl methyl sites for hydroxylation is 1. The second kappa shape index (κ2) is 6.68. The minimum Gasteiger partial charge on any atom is -0.384 e. The molecule has 3 heterocycles. The van der Waals surface area contributed by atoms with Gasteiger partial charge in [0.1, 0.15) is 11.3 Å². The molecule has 0 unspecified atom stereocenters. The Bertz CT molecular complexity index is 683. The minimum atomic E-state index is -0.125. The van der Waals surface area contributed by atoms with Crippen LogP contribution in [-0.2, 0) is 4.74 Å². The van der Waals surface area contributed by atoms with Gasteiger partial charge in [0.05, 0.1) is 6.61 Å². The van der Waals surface area contributed by atoms with E-state index in [2.05, 4.69) is 15.6 Å². The van der Waals surface area contributed by atoms with E-state index in [0.29, 0.717) is 18.8 Å². The number of nitrogens with one attached hydrogen (secondary N) is 2.